The highest BCUT2D eigenvalue weighted by Gasteiger charge is 2.33. The summed E-state index contributed by atoms with van der Waals surface area (Å²) >= 11 is 0. The summed E-state index contributed by atoms with van der Waals surface area (Å²) in [7, 11) is 2.03. The number of hydrogen-bond acceptors (Lipinski definition) is 9. The average molecular weight is 690 g/mol. The summed E-state index contributed by atoms with van der Waals surface area (Å²) in [6, 6.07) is 4.05. The minimum atomic E-state index is -0.580. The van der Waals surface area contributed by atoms with Crippen LogP contribution in [-0.2, 0) is 21.3 Å². The van der Waals surface area contributed by atoms with Gasteiger partial charge in [-0.25, -0.2) is 19.1 Å². The van der Waals surface area contributed by atoms with Crippen molar-refractivity contribution in [3.63, 3.8) is 0 Å². The van der Waals surface area contributed by atoms with Crippen molar-refractivity contribution in [3.05, 3.63) is 35.9 Å². The van der Waals surface area contributed by atoms with Crippen LogP contribution in [0.25, 0.3) is 28.2 Å². The number of nitrogens with zero attached hydrogens (tertiary/aromatic N) is 10. The van der Waals surface area contributed by atoms with Gasteiger partial charge in [-0.05, 0) is 60.8 Å². The lowest BCUT2D eigenvalue weighted by atomic mass is 10.1. The zero-order valence-electron chi connectivity index (χ0n) is 30.3. The summed E-state index contributed by atoms with van der Waals surface area (Å²) in [5.41, 5.74) is 5.04. The molecule has 3 aliphatic rings. The van der Waals surface area contributed by atoms with Crippen molar-refractivity contribution in [2.75, 3.05) is 57.4 Å². The number of anilines is 1. The molecule has 4 aromatic heterocycles. The number of rotatable bonds is 4. The van der Waals surface area contributed by atoms with E-state index in [0.717, 1.165) is 54.2 Å². The summed E-state index contributed by atoms with van der Waals surface area (Å²) in [6.45, 7) is 15.7. The molecular formula is C35H49N10O5+. The van der Waals surface area contributed by atoms with Crippen LogP contribution < -0.4 is 9.58 Å². The minimum absolute atomic E-state index is 0.0737. The maximum absolute atomic E-state index is 13.9. The molecule has 15 heteroatoms. The van der Waals surface area contributed by atoms with Crippen LogP contribution in [0, 0.1) is 13.8 Å². The van der Waals surface area contributed by atoms with Gasteiger partial charge in [-0.1, -0.05) is 0 Å². The highest BCUT2D eigenvalue weighted by atomic mass is 16.6. The van der Waals surface area contributed by atoms with Crippen molar-refractivity contribution in [3.8, 4) is 22.5 Å². The van der Waals surface area contributed by atoms with Crippen molar-refractivity contribution in [1.82, 2.24) is 38.9 Å². The maximum atomic E-state index is 13.9. The third-order valence-electron chi connectivity index (χ3n) is 9.79. The van der Waals surface area contributed by atoms with Crippen molar-refractivity contribution in [2.24, 2.45) is 7.05 Å². The van der Waals surface area contributed by atoms with Crippen molar-refractivity contribution >= 4 is 23.6 Å². The summed E-state index contributed by atoms with van der Waals surface area (Å²) in [6.07, 6.45) is 6.59. The zero-order valence-corrected chi connectivity index (χ0v) is 30.3. The Morgan fingerprint density at radius 1 is 1.02 bits per heavy atom. The fourth-order valence-corrected chi connectivity index (χ4v) is 7.25. The summed E-state index contributed by atoms with van der Waals surface area (Å²) in [5.74, 6) is 0.817. The molecule has 7 heterocycles. The lowest BCUT2D eigenvalue weighted by Gasteiger charge is -2.35. The molecule has 2 atom stereocenters. The van der Waals surface area contributed by atoms with Gasteiger partial charge in [-0.2, -0.15) is 14.9 Å². The number of aryl methyl sites for hydroxylation is 2. The summed E-state index contributed by atoms with van der Waals surface area (Å²) in [4.78, 5) is 37.5. The third-order valence-corrected chi connectivity index (χ3v) is 9.79. The van der Waals surface area contributed by atoms with Gasteiger partial charge in [-0.3, -0.25) is 0 Å². The second kappa shape index (κ2) is 13.3. The lowest BCUT2D eigenvalue weighted by molar-refractivity contribution is -0.760. The first kappa shape index (κ1) is 34.0. The van der Waals surface area contributed by atoms with Crippen LogP contribution in [-0.4, -0.2) is 115 Å². The van der Waals surface area contributed by atoms with Crippen LogP contribution in [0.5, 0.6) is 0 Å². The van der Waals surface area contributed by atoms with E-state index in [9.17, 15) is 9.59 Å². The molecule has 3 aliphatic heterocycles. The molecule has 3 saturated heterocycles. The molecule has 0 saturated carbocycles. The van der Waals surface area contributed by atoms with E-state index in [-0.39, 0.29) is 24.4 Å². The predicted octanol–water partition coefficient (Wildman–Crippen LogP) is 3.95. The van der Waals surface area contributed by atoms with Crippen LogP contribution in [0.2, 0.25) is 0 Å². The van der Waals surface area contributed by atoms with E-state index in [1.807, 2.05) is 58.6 Å². The van der Waals surface area contributed by atoms with E-state index in [1.165, 1.54) is 4.68 Å². The van der Waals surface area contributed by atoms with Gasteiger partial charge in [0.15, 0.2) is 25.1 Å². The molecule has 0 aliphatic carbocycles. The standard InChI is InChI=1S/C35H49N10O5/c1-23-22-48-19-17-42(23)29-20-28(44-32(37-29)26(21-36-44)27-11-12-39(7)45(27)30-10-8-9-18-49-30)31-24(2)38-43(25(31)3)33(46)40-13-15-41(16-14-40)34(47)50-35(4,5)6/h11-12,20-21,23,30H,8-10,13-19,22H2,1-7H3/q+1/t23-,30?/m1/s1. The Morgan fingerprint density at radius 3 is 2.48 bits per heavy atom. The van der Waals surface area contributed by atoms with Gasteiger partial charge in [0.2, 0.25) is 0 Å². The number of amides is 2. The van der Waals surface area contributed by atoms with E-state index < -0.39 is 5.60 Å². The Morgan fingerprint density at radius 2 is 1.78 bits per heavy atom. The quantitative estimate of drug-likeness (QED) is 0.293. The number of fused-ring (bicyclic) bond motifs is 1. The molecule has 0 radical (unpaired) electrons. The fraction of sp³-hybridized carbons (Fsp3) is 0.600. The average Bonchev–Trinajstić information content (AvgIpc) is 3.78. The molecule has 7 rings (SSSR count). The second-order valence-electron chi connectivity index (χ2n) is 14.5. The first-order valence-corrected chi connectivity index (χ1v) is 17.7. The van der Waals surface area contributed by atoms with Gasteiger partial charge >= 0.3 is 12.1 Å². The van der Waals surface area contributed by atoms with Gasteiger partial charge in [0, 0.05) is 57.0 Å². The third kappa shape index (κ3) is 6.32. The number of aromatic nitrogens is 7. The van der Waals surface area contributed by atoms with Crippen LogP contribution in [0.15, 0.2) is 24.5 Å². The second-order valence-corrected chi connectivity index (χ2v) is 14.5. The Labute approximate surface area is 292 Å². The van der Waals surface area contributed by atoms with E-state index in [0.29, 0.717) is 63.0 Å². The number of carbonyl (C=O) groups is 2. The Hall–Kier alpha value is -4.50. The van der Waals surface area contributed by atoms with Crippen molar-refractivity contribution in [1.29, 1.82) is 0 Å². The van der Waals surface area contributed by atoms with Gasteiger partial charge in [0.25, 0.3) is 0 Å². The molecule has 2 amide bonds. The Balaban J connectivity index is 1.27. The van der Waals surface area contributed by atoms with Crippen LogP contribution in [0.1, 0.15) is 64.6 Å². The molecule has 0 bridgehead atoms. The SMILES string of the molecule is Cc1nn(C(=O)N2CCN(C(=O)OC(C)(C)C)CC2)c(C)c1-c1cc(N2CCOC[C@H]2C)nc2c(-c3cc[n+](C)n3C3CCCCO3)cnn12. The number of hydrogen-bond donors (Lipinski definition) is 0. The molecule has 15 nitrogen and oxygen atoms in total. The number of ether oxygens (including phenoxy) is 3. The largest absolute Gasteiger partial charge is 0.444 e. The molecule has 1 unspecified atom stereocenters. The van der Waals surface area contributed by atoms with Crippen molar-refractivity contribution in [2.45, 2.75) is 78.7 Å². The lowest BCUT2D eigenvalue weighted by Crippen LogP contribution is -2.52. The molecule has 0 aromatic carbocycles. The van der Waals surface area contributed by atoms with E-state index >= 15 is 0 Å². The van der Waals surface area contributed by atoms with E-state index in [2.05, 4.69) is 33.3 Å². The Bertz CT molecular complexity index is 1890. The Kier molecular flexibility index (Phi) is 9.05. The molecule has 0 spiro atoms. The molecular weight excluding hydrogens is 640 g/mol. The number of piperazine rings is 1. The fourth-order valence-electron chi connectivity index (χ4n) is 7.25. The first-order valence-electron chi connectivity index (χ1n) is 17.7. The minimum Gasteiger partial charge on any atom is -0.444 e. The normalized spacial score (nSPS) is 20.5. The first-order chi connectivity index (χ1) is 23.9. The highest BCUT2D eigenvalue weighted by molar-refractivity contribution is 5.83. The molecule has 3 fully saturated rings. The smallest absolute Gasteiger partial charge is 0.410 e. The molecule has 4 aromatic rings. The van der Waals surface area contributed by atoms with Crippen LogP contribution >= 0.6 is 0 Å². The predicted molar refractivity (Wildman–Crippen MR) is 185 cm³/mol. The van der Waals surface area contributed by atoms with Gasteiger partial charge in [-0.15, -0.1) is 9.36 Å². The molecule has 268 valence electrons. The van der Waals surface area contributed by atoms with E-state index in [4.69, 9.17) is 29.4 Å². The summed E-state index contributed by atoms with van der Waals surface area (Å²) in [5, 5.41) is 9.69. The molecule has 50 heavy (non-hydrogen) atoms. The summed E-state index contributed by atoms with van der Waals surface area (Å²) < 4.78 is 25.2. The maximum Gasteiger partial charge on any atom is 0.410 e. The topological polar surface area (TPSA) is 128 Å². The number of morpholine rings is 1. The number of carbonyl (C=O) groups excluding carboxylic acids is 2. The van der Waals surface area contributed by atoms with Crippen LogP contribution in [0.4, 0.5) is 15.4 Å². The van der Waals surface area contributed by atoms with Gasteiger partial charge in [0.05, 0.1) is 48.1 Å². The van der Waals surface area contributed by atoms with Gasteiger partial charge < -0.3 is 28.9 Å². The zero-order chi connectivity index (χ0) is 35.3. The van der Waals surface area contributed by atoms with E-state index in [1.54, 1.807) is 9.80 Å². The monoisotopic (exact) mass is 689 g/mol. The van der Waals surface area contributed by atoms with Crippen LogP contribution in [0.3, 0.4) is 0 Å². The van der Waals surface area contributed by atoms with Gasteiger partial charge in [0.1, 0.15) is 17.1 Å². The molecule has 0 N–H and O–H groups in total. The highest BCUT2D eigenvalue weighted by Crippen LogP contribution is 2.35. The van der Waals surface area contributed by atoms with Crippen molar-refractivity contribution < 1.29 is 28.5 Å².